The molecule has 8 rings (SSSR count). The van der Waals surface area contributed by atoms with Crippen LogP contribution in [-0.4, -0.2) is 86.5 Å². The van der Waals surface area contributed by atoms with Gasteiger partial charge in [0.15, 0.2) is 5.69 Å². The summed E-state index contributed by atoms with van der Waals surface area (Å²) in [4.78, 5) is 61.4. The number of carbonyl (C=O) groups excluding carboxylic acids is 2. The van der Waals surface area contributed by atoms with E-state index < -0.39 is 35.2 Å². The van der Waals surface area contributed by atoms with Crippen molar-refractivity contribution >= 4 is 35.4 Å². The average Bonchev–Trinajstić information content (AvgIpc) is 3.46. The Labute approximate surface area is 305 Å². The summed E-state index contributed by atoms with van der Waals surface area (Å²) >= 11 is 0. The van der Waals surface area contributed by atoms with Crippen LogP contribution < -0.4 is 15.1 Å². The van der Waals surface area contributed by atoms with Gasteiger partial charge in [0, 0.05) is 74.0 Å². The van der Waals surface area contributed by atoms with Gasteiger partial charge in [0.25, 0.3) is 11.8 Å². The molecule has 2 aromatic heterocycles. The minimum absolute atomic E-state index is 0.0971. The summed E-state index contributed by atoms with van der Waals surface area (Å²) in [5.41, 5.74) is -0.162. The second kappa shape index (κ2) is 13.9. The van der Waals surface area contributed by atoms with Crippen molar-refractivity contribution in [3.05, 3.63) is 65.2 Å². The number of benzene rings is 1. The number of carbonyl (C=O) groups is 3. The van der Waals surface area contributed by atoms with Gasteiger partial charge in [0.2, 0.25) is 11.9 Å². The van der Waals surface area contributed by atoms with Gasteiger partial charge in [-0.2, -0.15) is 13.2 Å². The predicted molar refractivity (Wildman–Crippen MR) is 188 cm³/mol. The van der Waals surface area contributed by atoms with Gasteiger partial charge < -0.3 is 25.1 Å². The Balaban J connectivity index is 1.03. The first-order chi connectivity index (χ1) is 25.5. The minimum atomic E-state index is -4.92. The molecule has 1 spiro atoms. The van der Waals surface area contributed by atoms with E-state index in [-0.39, 0.29) is 35.1 Å². The zero-order valence-electron chi connectivity index (χ0n) is 29.4. The smallest absolute Gasteiger partial charge is 0.434 e. The molecule has 1 aromatic carbocycles. The molecule has 2 unspecified atom stereocenters. The van der Waals surface area contributed by atoms with E-state index in [2.05, 4.69) is 25.3 Å². The average molecular weight is 733 g/mol. The second-order valence-corrected chi connectivity index (χ2v) is 15.5. The standard InChI is InChI=1S/C38H43F3N8O4/c39-38(40,41)31-28(32(50)45-27-18-23-15-24(19-27)17-26(16-23)34(52)53)21-44-36(46-31)49-22-37(7-2-1-3-8-37)29-20-25(5-6-30(29)49)33(51)47-11-13-48(14-12-47)35-42-9-4-10-43-35/h4-6,9-10,20-21,23-24,26-27H,1-3,7-8,11-19,22H2,(H,45,50)(H,52,53). The molecule has 0 radical (unpaired) electrons. The summed E-state index contributed by atoms with van der Waals surface area (Å²) in [6.45, 7) is 2.58. The number of carboxylic acid groups (broad SMARTS) is 1. The molecule has 4 fully saturated rings. The number of fused-ring (bicyclic) bond motifs is 4. The van der Waals surface area contributed by atoms with Crippen LogP contribution in [0.5, 0.6) is 0 Å². The maximum absolute atomic E-state index is 14.6. The van der Waals surface area contributed by atoms with Crippen LogP contribution in [0.4, 0.5) is 30.8 Å². The number of nitrogens with one attached hydrogen (secondary N) is 1. The molecule has 15 heteroatoms. The molecule has 280 valence electrons. The monoisotopic (exact) mass is 732 g/mol. The third-order valence-corrected chi connectivity index (χ3v) is 12.1. The van der Waals surface area contributed by atoms with Crippen LogP contribution in [0.15, 0.2) is 42.9 Å². The minimum Gasteiger partial charge on any atom is -0.481 e. The van der Waals surface area contributed by atoms with Crippen molar-refractivity contribution < 1.29 is 32.7 Å². The molecule has 12 nitrogen and oxygen atoms in total. The summed E-state index contributed by atoms with van der Waals surface area (Å²) in [5.74, 6) is -1.51. The van der Waals surface area contributed by atoms with E-state index in [1.807, 2.05) is 15.9 Å². The van der Waals surface area contributed by atoms with E-state index >= 15 is 0 Å². The predicted octanol–water partition coefficient (Wildman–Crippen LogP) is 5.61. The highest BCUT2D eigenvalue weighted by Gasteiger charge is 2.47. The molecular formula is C38H43F3N8O4. The number of nitrogens with zero attached hydrogens (tertiary/aromatic N) is 7. The molecule has 2 amide bonds. The Bertz CT molecular complexity index is 1870. The Kier molecular flexibility index (Phi) is 9.22. The van der Waals surface area contributed by atoms with E-state index in [0.717, 1.165) is 50.3 Å². The van der Waals surface area contributed by atoms with Gasteiger partial charge in [0.05, 0.1) is 11.5 Å². The van der Waals surface area contributed by atoms with Crippen LogP contribution in [0, 0.1) is 17.8 Å². The van der Waals surface area contributed by atoms with Gasteiger partial charge >= 0.3 is 12.1 Å². The van der Waals surface area contributed by atoms with Crippen molar-refractivity contribution in [2.24, 2.45) is 17.8 Å². The van der Waals surface area contributed by atoms with Gasteiger partial charge in [-0.15, -0.1) is 0 Å². The Morgan fingerprint density at radius 2 is 1.57 bits per heavy atom. The van der Waals surface area contributed by atoms with Crippen molar-refractivity contribution in [1.82, 2.24) is 30.2 Å². The Morgan fingerprint density at radius 3 is 2.23 bits per heavy atom. The van der Waals surface area contributed by atoms with Crippen LogP contribution in [0.3, 0.4) is 0 Å². The van der Waals surface area contributed by atoms with Crippen molar-refractivity contribution in [3.63, 3.8) is 0 Å². The quantitative estimate of drug-likeness (QED) is 0.328. The first kappa shape index (κ1) is 35.2. The highest BCUT2D eigenvalue weighted by Crippen LogP contribution is 2.51. The zero-order valence-corrected chi connectivity index (χ0v) is 29.4. The van der Waals surface area contributed by atoms with Crippen LogP contribution in [0.1, 0.15) is 96.2 Å². The maximum atomic E-state index is 14.6. The van der Waals surface area contributed by atoms with Crippen LogP contribution >= 0.6 is 0 Å². The molecule has 2 N–H and O–H groups in total. The third-order valence-electron chi connectivity index (χ3n) is 12.1. The van der Waals surface area contributed by atoms with Gasteiger partial charge in [-0.1, -0.05) is 19.3 Å². The molecule has 2 atom stereocenters. The molecule has 5 aliphatic rings. The molecule has 4 heterocycles. The number of carboxylic acids is 1. The summed E-state index contributed by atoms with van der Waals surface area (Å²) in [6.07, 6.45) is 7.05. The number of aliphatic carboxylic acids is 1. The lowest BCUT2D eigenvalue weighted by Gasteiger charge is -2.41. The highest BCUT2D eigenvalue weighted by atomic mass is 19.4. The fourth-order valence-corrected chi connectivity index (χ4v) is 9.70. The van der Waals surface area contributed by atoms with Gasteiger partial charge in [-0.05, 0) is 86.6 Å². The lowest BCUT2D eigenvalue weighted by molar-refractivity contribution is -0.144. The molecule has 2 aliphatic heterocycles. The molecule has 3 saturated carbocycles. The second-order valence-electron chi connectivity index (χ2n) is 15.5. The number of hydrogen-bond donors (Lipinski definition) is 2. The van der Waals surface area contributed by atoms with Crippen LogP contribution in [0.25, 0.3) is 0 Å². The van der Waals surface area contributed by atoms with E-state index in [0.29, 0.717) is 75.6 Å². The van der Waals surface area contributed by atoms with Crippen molar-refractivity contribution in [3.8, 4) is 0 Å². The number of anilines is 3. The summed E-state index contributed by atoms with van der Waals surface area (Å²) in [7, 11) is 0. The molecule has 1 saturated heterocycles. The van der Waals surface area contributed by atoms with E-state index in [4.69, 9.17) is 0 Å². The fraction of sp³-hybridized carbons (Fsp3) is 0.553. The van der Waals surface area contributed by atoms with Gasteiger partial charge in [-0.3, -0.25) is 14.4 Å². The zero-order chi connectivity index (χ0) is 36.9. The molecule has 2 bridgehead atoms. The number of rotatable bonds is 6. The number of halogens is 3. The number of alkyl halides is 3. The first-order valence-electron chi connectivity index (χ1n) is 18.7. The third kappa shape index (κ3) is 6.90. The van der Waals surface area contributed by atoms with E-state index in [1.54, 1.807) is 35.5 Å². The van der Waals surface area contributed by atoms with Gasteiger partial charge in [-0.25, -0.2) is 19.9 Å². The van der Waals surface area contributed by atoms with E-state index in [9.17, 15) is 32.7 Å². The Morgan fingerprint density at radius 1 is 0.868 bits per heavy atom. The number of amides is 2. The van der Waals surface area contributed by atoms with Gasteiger partial charge in [0.1, 0.15) is 0 Å². The van der Waals surface area contributed by atoms with Crippen LogP contribution in [-0.2, 0) is 16.4 Å². The molecular weight excluding hydrogens is 689 g/mol. The summed E-state index contributed by atoms with van der Waals surface area (Å²) in [5, 5.41) is 12.3. The normalized spacial score (nSPS) is 25.2. The highest BCUT2D eigenvalue weighted by molar-refractivity contribution is 5.96. The van der Waals surface area contributed by atoms with Crippen molar-refractivity contribution in [2.45, 2.75) is 81.8 Å². The Hall–Kier alpha value is -4.82. The first-order valence-corrected chi connectivity index (χ1v) is 18.7. The fourth-order valence-electron chi connectivity index (χ4n) is 9.70. The van der Waals surface area contributed by atoms with Crippen LogP contribution in [0.2, 0.25) is 0 Å². The topological polar surface area (TPSA) is 145 Å². The summed E-state index contributed by atoms with van der Waals surface area (Å²) in [6, 6.07) is 6.85. The summed E-state index contributed by atoms with van der Waals surface area (Å²) < 4.78 is 43.9. The largest absolute Gasteiger partial charge is 0.481 e. The van der Waals surface area contributed by atoms with E-state index in [1.165, 1.54) is 0 Å². The molecule has 53 heavy (non-hydrogen) atoms. The SMILES string of the molecule is O=C(NC1CC2CC(C1)CC(C(=O)O)C2)c1cnc(N2CC3(CCCCC3)c3cc(C(=O)N4CCN(c5ncccn5)CC4)ccc32)nc1C(F)(F)F. The lowest BCUT2D eigenvalue weighted by Crippen LogP contribution is -2.49. The molecule has 3 aliphatic carbocycles. The molecule has 3 aromatic rings. The maximum Gasteiger partial charge on any atom is 0.434 e. The van der Waals surface area contributed by atoms with Crippen molar-refractivity contribution in [2.75, 3.05) is 42.5 Å². The number of aromatic nitrogens is 4. The number of piperazine rings is 1. The van der Waals surface area contributed by atoms with Crippen molar-refractivity contribution in [1.29, 1.82) is 0 Å². The lowest BCUT2D eigenvalue weighted by atomic mass is 9.66. The number of hydrogen-bond acceptors (Lipinski definition) is 9.